The number of hydrogen-bond donors (Lipinski definition) is 3. The van der Waals surface area contributed by atoms with Crippen LogP contribution in [0, 0.1) is 0 Å². The van der Waals surface area contributed by atoms with Crippen LogP contribution in [-0.4, -0.2) is 35.9 Å². The van der Waals surface area contributed by atoms with Gasteiger partial charge in [-0.15, -0.1) is 0 Å². The number of fused-ring (bicyclic) bond motifs is 2. The maximum absolute atomic E-state index is 6.12. The molecular formula is C28H25N5O. The highest BCUT2D eigenvalue weighted by Crippen LogP contribution is 2.31. The fourth-order valence-electron chi connectivity index (χ4n) is 4.34. The van der Waals surface area contributed by atoms with Crippen molar-refractivity contribution in [2.75, 3.05) is 20.1 Å². The molecule has 0 radical (unpaired) electrons. The van der Waals surface area contributed by atoms with Crippen molar-refractivity contribution in [3.63, 3.8) is 0 Å². The molecule has 0 spiro atoms. The van der Waals surface area contributed by atoms with Gasteiger partial charge in [-0.2, -0.15) is 0 Å². The zero-order chi connectivity index (χ0) is 23.1. The standard InChI is InChI=1S/C28H25N5O/c1-17(29-2)18-4-6-20-15-27(34-26(20)14-18)22-8-9-23(32-16-22)25-12-19-5-7-21(13-24(19)33-25)28-30-10-3-11-31-28/h4-9,12-16,29,33H,1,3,10-11H2,2H3,(H,30,31). The summed E-state index contributed by atoms with van der Waals surface area (Å²) >= 11 is 0. The Morgan fingerprint density at radius 3 is 2.68 bits per heavy atom. The Morgan fingerprint density at radius 1 is 1.00 bits per heavy atom. The Balaban J connectivity index is 1.28. The number of H-pyrrole nitrogens is 1. The molecule has 6 rings (SSSR count). The van der Waals surface area contributed by atoms with Gasteiger partial charge in [0.1, 0.15) is 17.2 Å². The van der Waals surface area contributed by atoms with Gasteiger partial charge in [0.2, 0.25) is 0 Å². The molecular weight excluding hydrogens is 422 g/mol. The molecule has 3 aromatic heterocycles. The monoisotopic (exact) mass is 447 g/mol. The second-order valence-corrected chi connectivity index (χ2v) is 8.52. The second-order valence-electron chi connectivity index (χ2n) is 8.52. The summed E-state index contributed by atoms with van der Waals surface area (Å²) in [6.07, 6.45) is 2.94. The van der Waals surface area contributed by atoms with Crippen molar-refractivity contribution in [2.24, 2.45) is 4.99 Å². The third-order valence-corrected chi connectivity index (χ3v) is 6.29. The Labute approximate surface area is 197 Å². The van der Waals surface area contributed by atoms with Crippen LogP contribution in [0.1, 0.15) is 17.5 Å². The van der Waals surface area contributed by atoms with E-state index in [9.17, 15) is 0 Å². The zero-order valence-electron chi connectivity index (χ0n) is 19.0. The van der Waals surface area contributed by atoms with Gasteiger partial charge in [0.05, 0.1) is 11.4 Å². The summed E-state index contributed by atoms with van der Waals surface area (Å²) in [6, 6.07) is 20.7. The van der Waals surface area contributed by atoms with Gasteiger partial charge in [-0.3, -0.25) is 9.98 Å². The number of aliphatic imine (C=N–C) groups is 1. The first kappa shape index (κ1) is 20.3. The highest BCUT2D eigenvalue weighted by Gasteiger charge is 2.12. The van der Waals surface area contributed by atoms with E-state index in [2.05, 4.69) is 57.5 Å². The van der Waals surface area contributed by atoms with E-state index in [1.807, 2.05) is 43.6 Å². The van der Waals surface area contributed by atoms with Gasteiger partial charge in [-0.05, 0) is 42.8 Å². The van der Waals surface area contributed by atoms with Crippen LogP contribution in [-0.2, 0) is 0 Å². The van der Waals surface area contributed by atoms with E-state index in [0.717, 1.165) is 86.8 Å². The maximum Gasteiger partial charge on any atom is 0.136 e. The van der Waals surface area contributed by atoms with Crippen LogP contribution in [0.3, 0.4) is 0 Å². The number of aromatic nitrogens is 2. The Kier molecular flexibility index (Phi) is 4.91. The Hall–Kier alpha value is -4.32. The number of nitrogens with zero attached hydrogens (tertiary/aromatic N) is 2. The highest BCUT2D eigenvalue weighted by molar-refractivity contribution is 6.02. The van der Waals surface area contributed by atoms with Gasteiger partial charge in [-0.1, -0.05) is 30.8 Å². The van der Waals surface area contributed by atoms with Gasteiger partial charge in [0.15, 0.2) is 0 Å². The van der Waals surface area contributed by atoms with Gasteiger partial charge in [-0.25, -0.2) is 0 Å². The third kappa shape index (κ3) is 3.63. The summed E-state index contributed by atoms with van der Waals surface area (Å²) in [5, 5.41) is 8.67. The van der Waals surface area contributed by atoms with Crippen molar-refractivity contribution in [3.05, 3.63) is 84.6 Å². The second kappa shape index (κ2) is 8.23. The molecule has 0 unspecified atom stereocenters. The lowest BCUT2D eigenvalue weighted by Gasteiger charge is -2.14. The highest BCUT2D eigenvalue weighted by atomic mass is 16.3. The molecule has 0 bridgehead atoms. The molecule has 6 nitrogen and oxygen atoms in total. The predicted octanol–water partition coefficient (Wildman–Crippen LogP) is 5.57. The van der Waals surface area contributed by atoms with Crippen molar-refractivity contribution in [3.8, 4) is 22.7 Å². The molecule has 0 atom stereocenters. The average molecular weight is 448 g/mol. The summed E-state index contributed by atoms with van der Waals surface area (Å²) in [7, 11) is 1.86. The van der Waals surface area contributed by atoms with E-state index in [0.29, 0.717) is 0 Å². The lowest BCUT2D eigenvalue weighted by molar-refractivity contribution is 0.631. The minimum atomic E-state index is 0.795. The Bertz CT molecular complexity index is 1560. The smallest absolute Gasteiger partial charge is 0.136 e. The fourth-order valence-corrected chi connectivity index (χ4v) is 4.34. The van der Waals surface area contributed by atoms with Crippen LogP contribution >= 0.6 is 0 Å². The fraction of sp³-hybridized carbons (Fsp3) is 0.143. The first-order valence-electron chi connectivity index (χ1n) is 11.5. The quantitative estimate of drug-likeness (QED) is 0.329. The van der Waals surface area contributed by atoms with Crippen molar-refractivity contribution < 1.29 is 4.42 Å². The largest absolute Gasteiger partial charge is 0.456 e. The molecule has 3 N–H and O–H groups in total. The van der Waals surface area contributed by atoms with Crippen LogP contribution in [0.5, 0.6) is 0 Å². The molecule has 0 amide bonds. The number of furan rings is 1. The van der Waals surface area contributed by atoms with Gasteiger partial charge in [0.25, 0.3) is 0 Å². The van der Waals surface area contributed by atoms with E-state index >= 15 is 0 Å². The van der Waals surface area contributed by atoms with E-state index < -0.39 is 0 Å². The molecule has 4 heterocycles. The van der Waals surface area contributed by atoms with Gasteiger partial charge < -0.3 is 20.0 Å². The molecule has 5 aromatic rings. The van der Waals surface area contributed by atoms with Crippen LogP contribution in [0.15, 0.2) is 82.8 Å². The lowest BCUT2D eigenvalue weighted by atomic mass is 10.1. The number of amidine groups is 1. The normalized spacial score (nSPS) is 13.6. The molecule has 34 heavy (non-hydrogen) atoms. The van der Waals surface area contributed by atoms with Gasteiger partial charge in [0, 0.05) is 65.0 Å². The summed E-state index contributed by atoms with van der Waals surface area (Å²) in [5.74, 6) is 1.77. The van der Waals surface area contributed by atoms with Crippen molar-refractivity contribution in [1.82, 2.24) is 20.6 Å². The Morgan fingerprint density at radius 2 is 1.88 bits per heavy atom. The van der Waals surface area contributed by atoms with Crippen molar-refractivity contribution in [2.45, 2.75) is 6.42 Å². The number of pyridine rings is 1. The summed E-state index contributed by atoms with van der Waals surface area (Å²) in [6.45, 7) is 5.88. The summed E-state index contributed by atoms with van der Waals surface area (Å²) < 4.78 is 6.12. The predicted molar refractivity (Wildman–Crippen MR) is 139 cm³/mol. The zero-order valence-corrected chi connectivity index (χ0v) is 19.0. The van der Waals surface area contributed by atoms with Crippen molar-refractivity contribution in [1.29, 1.82) is 0 Å². The number of hydrogen-bond acceptors (Lipinski definition) is 5. The SMILES string of the molecule is C=C(NC)c1ccc2cc(-c3ccc(-c4cc5ccc(C6=NCCCN6)cc5[nH]4)nc3)oc2c1. The maximum atomic E-state index is 6.12. The molecule has 6 heteroatoms. The minimum absolute atomic E-state index is 0.795. The van der Waals surface area contributed by atoms with E-state index in [1.165, 1.54) is 0 Å². The van der Waals surface area contributed by atoms with E-state index in [4.69, 9.17) is 9.40 Å². The van der Waals surface area contributed by atoms with Gasteiger partial charge >= 0.3 is 0 Å². The molecule has 0 saturated heterocycles. The van der Waals surface area contributed by atoms with Crippen LogP contribution < -0.4 is 10.6 Å². The number of rotatable bonds is 5. The molecule has 2 aromatic carbocycles. The first-order valence-corrected chi connectivity index (χ1v) is 11.5. The van der Waals surface area contributed by atoms with E-state index in [-0.39, 0.29) is 0 Å². The number of benzene rings is 2. The molecule has 1 aliphatic heterocycles. The molecule has 0 fully saturated rings. The van der Waals surface area contributed by atoms with E-state index in [1.54, 1.807) is 0 Å². The summed E-state index contributed by atoms with van der Waals surface area (Å²) in [4.78, 5) is 12.8. The number of nitrogens with one attached hydrogen (secondary N) is 3. The molecule has 0 aliphatic carbocycles. The van der Waals surface area contributed by atoms with Crippen molar-refractivity contribution >= 4 is 33.4 Å². The molecule has 168 valence electrons. The summed E-state index contributed by atoms with van der Waals surface area (Å²) in [5.41, 5.74) is 7.69. The number of aromatic amines is 1. The molecule has 1 aliphatic rings. The van der Waals surface area contributed by atoms with Crippen LogP contribution in [0.25, 0.3) is 50.3 Å². The molecule has 0 saturated carbocycles. The first-order chi connectivity index (χ1) is 16.7. The minimum Gasteiger partial charge on any atom is -0.456 e. The average Bonchev–Trinajstić information content (AvgIpc) is 3.52. The lowest BCUT2D eigenvalue weighted by Crippen LogP contribution is -2.30. The van der Waals surface area contributed by atoms with Crippen LogP contribution in [0.2, 0.25) is 0 Å². The van der Waals surface area contributed by atoms with Crippen LogP contribution in [0.4, 0.5) is 0 Å². The third-order valence-electron chi connectivity index (χ3n) is 6.29. The topological polar surface area (TPSA) is 78.2 Å².